The second-order valence-electron chi connectivity index (χ2n) is 9.18. The Morgan fingerprint density at radius 1 is 0.941 bits per heavy atom. The van der Waals surface area contributed by atoms with Crippen LogP contribution in [0, 0.1) is 0 Å². The zero-order valence-electron chi connectivity index (χ0n) is 19.2. The van der Waals surface area contributed by atoms with E-state index in [1.807, 2.05) is 47.4 Å². The van der Waals surface area contributed by atoms with E-state index >= 15 is 0 Å². The molecule has 2 aliphatic heterocycles. The Hall–Kier alpha value is -2.93. The second kappa shape index (κ2) is 9.74. The van der Waals surface area contributed by atoms with Crippen LogP contribution in [0.15, 0.2) is 42.5 Å². The first-order valence-corrected chi connectivity index (χ1v) is 12.4. The Morgan fingerprint density at radius 3 is 2.41 bits per heavy atom. The predicted octanol–water partition coefficient (Wildman–Crippen LogP) is 3.39. The number of benzene rings is 2. The average molecular weight is 484 g/mol. The van der Waals surface area contributed by atoms with E-state index in [1.165, 1.54) is 0 Å². The van der Waals surface area contributed by atoms with E-state index in [-0.39, 0.29) is 18.4 Å². The SMILES string of the molecule is O=C(CNC(=O)C1(c2ccc3c(c2)OCCO3)CCCC1)N1CCN(c2cccc(Cl)c2)CC1. The molecular weight excluding hydrogens is 454 g/mol. The molecule has 1 saturated heterocycles. The molecule has 0 atom stereocenters. The van der Waals surface area contributed by atoms with E-state index in [0.717, 1.165) is 55.8 Å². The number of rotatable bonds is 5. The Morgan fingerprint density at radius 2 is 1.68 bits per heavy atom. The van der Waals surface area contributed by atoms with Crippen LogP contribution in [0.1, 0.15) is 31.2 Å². The number of fused-ring (bicyclic) bond motifs is 1. The monoisotopic (exact) mass is 483 g/mol. The summed E-state index contributed by atoms with van der Waals surface area (Å²) < 4.78 is 11.4. The zero-order valence-corrected chi connectivity index (χ0v) is 20.0. The molecule has 34 heavy (non-hydrogen) atoms. The van der Waals surface area contributed by atoms with Crippen molar-refractivity contribution in [3.8, 4) is 11.5 Å². The lowest BCUT2D eigenvalue weighted by molar-refractivity contribution is -0.134. The van der Waals surface area contributed by atoms with Gasteiger partial charge in [-0.05, 0) is 48.7 Å². The molecule has 3 aliphatic rings. The summed E-state index contributed by atoms with van der Waals surface area (Å²) in [5, 5.41) is 3.66. The van der Waals surface area contributed by atoms with Gasteiger partial charge in [-0.25, -0.2) is 0 Å². The summed E-state index contributed by atoms with van der Waals surface area (Å²) in [4.78, 5) is 30.4. The Kier molecular flexibility index (Phi) is 6.55. The minimum absolute atomic E-state index is 0.0162. The van der Waals surface area contributed by atoms with Crippen molar-refractivity contribution in [3.05, 3.63) is 53.1 Å². The maximum Gasteiger partial charge on any atom is 0.242 e. The number of hydrogen-bond acceptors (Lipinski definition) is 5. The van der Waals surface area contributed by atoms with Crippen molar-refractivity contribution in [2.45, 2.75) is 31.1 Å². The Balaban J connectivity index is 1.20. The standard InChI is InChI=1S/C26H30ClN3O4/c27-20-4-3-5-21(17-20)29-10-12-30(13-11-29)24(31)18-28-25(32)26(8-1-2-9-26)19-6-7-22-23(16-19)34-15-14-33-22/h3-7,16-17H,1-2,8-15,18H2,(H,28,32). The number of carbonyl (C=O) groups excluding carboxylic acids is 2. The highest BCUT2D eigenvalue weighted by atomic mass is 35.5. The number of nitrogens with one attached hydrogen (secondary N) is 1. The van der Waals surface area contributed by atoms with Gasteiger partial charge in [-0.3, -0.25) is 9.59 Å². The normalized spacial score (nSPS) is 19.1. The van der Waals surface area contributed by atoms with E-state index < -0.39 is 5.41 Å². The lowest BCUT2D eigenvalue weighted by Crippen LogP contribution is -2.52. The molecule has 1 N–H and O–H groups in total. The summed E-state index contributed by atoms with van der Waals surface area (Å²) in [6.45, 7) is 3.77. The molecule has 1 aliphatic carbocycles. The molecule has 2 fully saturated rings. The lowest BCUT2D eigenvalue weighted by atomic mass is 9.77. The molecule has 2 aromatic rings. The minimum atomic E-state index is -0.624. The molecule has 2 aromatic carbocycles. The van der Waals surface area contributed by atoms with Gasteiger partial charge in [0.15, 0.2) is 11.5 Å². The fourth-order valence-electron chi connectivity index (χ4n) is 5.29. The number of anilines is 1. The van der Waals surface area contributed by atoms with Crippen molar-refractivity contribution < 1.29 is 19.1 Å². The molecule has 2 heterocycles. The zero-order chi connectivity index (χ0) is 23.5. The second-order valence-corrected chi connectivity index (χ2v) is 9.61. The molecule has 0 unspecified atom stereocenters. The number of ether oxygens (including phenoxy) is 2. The van der Waals surface area contributed by atoms with Crippen LogP contribution >= 0.6 is 11.6 Å². The van der Waals surface area contributed by atoms with Crippen LogP contribution in [0.5, 0.6) is 11.5 Å². The topological polar surface area (TPSA) is 71.1 Å². The highest BCUT2D eigenvalue weighted by Crippen LogP contribution is 2.44. The summed E-state index contributed by atoms with van der Waals surface area (Å²) >= 11 is 6.11. The van der Waals surface area contributed by atoms with Crippen LogP contribution in [-0.2, 0) is 15.0 Å². The number of amides is 2. The molecule has 0 spiro atoms. The molecule has 1 saturated carbocycles. The van der Waals surface area contributed by atoms with Gasteiger partial charge >= 0.3 is 0 Å². The number of piperazine rings is 1. The molecule has 180 valence electrons. The molecule has 8 heteroatoms. The van der Waals surface area contributed by atoms with Crippen molar-refractivity contribution in [3.63, 3.8) is 0 Å². The first kappa shape index (κ1) is 22.8. The minimum Gasteiger partial charge on any atom is -0.486 e. The number of hydrogen-bond donors (Lipinski definition) is 1. The lowest BCUT2D eigenvalue weighted by Gasteiger charge is -2.36. The molecule has 0 bridgehead atoms. The summed E-state index contributed by atoms with van der Waals surface area (Å²) in [5.74, 6) is 1.29. The Bertz CT molecular complexity index is 1060. The van der Waals surface area contributed by atoms with Gasteiger partial charge in [-0.15, -0.1) is 0 Å². The van der Waals surface area contributed by atoms with E-state index in [4.69, 9.17) is 21.1 Å². The summed E-state index contributed by atoms with van der Waals surface area (Å²) in [6.07, 6.45) is 3.51. The van der Waals surface area contributed by atoms with Crippen LogP contribution in [-0.4, -0.2) is 62.7 Å². The average Bonchev–Trinajstić information content (AvgIpc) is 3.38. The van der Waals surface area contributed by atoms with Gasteiger partial charge < -0.3 is 24.6 Å². The number of nitrogens with zero attached hydrogens (tertiary/aromatic N) is 2. The van der Waals surface area contributed by atoms with E-state index in [9.17, 15) is 9.59 Å². The predicted molar refractivity (Wildman–Crippen MR) is 131 cm³/mol. The maximum absolute atomic E-state index is 13.4. The fourth-order valence-corrected chi connectivity index (χ4v) is 5.47. The number of halogens is 1. The van der Waals surface area contributed by atoms with E-state index in [2.05, 4.69) is 10.2 Å². The van der Waals surface area contributed by atoms with E-state index in [1.54, 1.807) is 0 Å². The molecule has 2 amide bonds. The molecule has 0 aromatic heterocycles. The van der Waals surface area contributed by atoms with Crippen molar-refractivity contribution >= 4 is 29.1 Å². The maximum atomic E-state index is 13.4. The smallest absolute Gasteiger partial charge is 0.242 e. The number of carbonyl (C=O) groups is 2. The quantitative estimate of drug-likeness (QED) is 0.706. The van der Waals surface area contributed by atoms with Gasteiger partial charge in [0.05, 0.1) is 12.0 Å². The third kappa shape index (κ3) is 4.53. The first-order valence-electron chi connectivity index (χ1n) is 12.0. The van der Waals surface area contributed by atoms with Crippen LogP contribution in [0.4, 0.5) is 5.69 Å². The van der Waals surface area contributed by atoms with E-state index in [0.29, 0.717) is 37.1 Å². The Labute approximate surface area is 205 Å². The van der Waals surface area contributed by atoms with Crippen LogP contribution in [0.3, 0.4) is 0 Å². The van der Waals surface area contributed by atoms with Gasteiger partial charge in [0.2, 0.25) is 11.8 Å². The van der Waals surface area contributed by atoms with Crippen molar-refractivity contribution in [2.75, 3.05) is 50.8 Å². The van der Waals surface area contributed by atoms with Crippen molar-refractivity contribution in [1.29, 1.82) is 0 Å². The van der Waals surface area contributed by atoms with Crippen LogP contribution in [0.25, 0.3) is 0 Å². The third-order valence-electron chi connectivity index (χ3n) is 7.19. The molecular formula is C26H30ClN3O4. The summed E-state index contributed by atoms with van der Waals surface area (Å²) in [5.41, 5.74) is 1.38. The molecule has 7 nitrogen and oxygen atoms in total. The van der Waals surface area contributed by atoms with Gasteiger partial charge in [0, 0.05) is 36.9 Å². The summed E-state index contributed by atoms with van der Waals surface area (Å²) in [7, 11) is 0. The van der Waals surface area contributed by atoms with Crippen molar-refractivity contribution in [2.24, 2.45) is 0 Å². The van der Waals surface area contributed by atoms with Gasteiger partial charge in [0.1, 0.15) is 13.2 Å². The van der Waals surface area contributed by atoms with Gasteiger partial charge in [0.25, 0.3) is 0 Å². The van der Waals surface area contributed by atoms with Crippen LogP contribution in [0.2, 0.25) is 5.02 Å². The van der Waals surface area contributed by atoms with Crippen molar-refractivity contribution in [1.82, 2.24) is 10.2 Å². The van der Waals surface area contributed by atoms with Gasteiger partial charge in [-0.1, -0.05) is 36.6 Å². The largest absolute Gasteiger partial charge is 0.486 e. The van der Waals surface area contributed by atoms with Crippen LogP contribution < -0.4 is 19.7 Å². The third-order valence-corrected chi connectivity index (χ3v) is 7.43. The fraction of sp³-hybridized carbons (Fsp3) is 0.462. The van der Waals surface area contributed by atoms with Gasteiger partial charge in [-0.2, -0.15) is 0 Å². The highest BCUT2D eigenvalue weighted by Gasteiger charge is 2.43. The summed E-state index contributed by atoms with van der Waals surface area (Å²) in [6, 6.07) is 13.6. The molecule has 5 rings (SSSR count). The first-order chi connectivity index (χ1) is 16.5. The highest BCUT2D eigenvalue weighted by molar-refractivity contribution is 6.30. The molecule has 0 radical (unpaired) electrons.